The SMILES string of the molecule is CC(C)NCc1nc(CN2CCC(N3CCCC3)C2)cs1. The van der Waals surface area contributed by atoms with Gasteiger partial charge in [0.2, 0.25) is 0 Å². The second kappa shape index (κ2) is 7.18. The van der Waals surface area contributed by atoms with Gasteiger partial charge in [0.05, 0.1) is 5.69 Å². The van der Waals surface area contributed by atoms with Gasteiger partial charge in [0.1, 0.15) is 5.01 Å². The first-order valence-corrected chi connectivity index (χ1v) is 9.22. The molecular weight excluding hydrogens is 280 g/mol. The van der Waals surface area contributed by atoms with Crippen LogP contribution in [-0.4, -0.2) is 53.0 Å². The van der Waals surface area contributed by atoms with Crippen molar-refractivity contribution >= 4 is 11.3 Å². The standard InChI is InChI=1S/C16H28N4S/c1-13(2)17-9-16-18-14(12-21-16)10-19-8-5-15(11-19)20-6-3-4-7-20/h12-13,15,17H,3-11H2,1-2H3. The lowest BCUT2D eigenvalue weighted by Gasteiger charge is -2.23. The molecule has 1 N–H and O–H groups in total. The molecule has 21 heavy (non-hydrogen) atoms. The van der Waals surface area contributed by atoms with Gasteiger partial charge in [0.25, 0.3) is 0 Å². The van der Waals surface area contributed by atoms with Crippen LogP contribution in [0.2, 0.25) is 0 Å². The van der Waals surface area contributed by atoms with E-state index in [-0.39, 0.29) is 0 Å². The van der Waals surface area contributed by atoms with Crippen LogP contribution in [0.4, 0.5) is 0 Å². The largest absolute Gasteiger partial charge is 0.308 e. The molecule has 1 aromatic heterocycles. The van der Waals surface area contributed by atoms with Crippen LogP contribution in [0.1, 0.15) is 43.8 Å². The van der Waals surface area contributed by atoms with E-state index in [4.69, 9.17) is 4.98 Å². The quantitative estimate of drug-likeness (QED) is 0.874. The lowest BCUT2D eigenvalue weighted by Crippen LogP contribution is -2.35. The van der Waals surface area contributed by atoms with Gasteiger partial charge in [-0.3, -0.25) is 9.80 Å². The third-order valence-electron chi connectivity index (χ3n) is 4.55. The van der Waals surface area contributed by atoms with E-state index in [1.165, 1.54) is 56.1 Å². The van der Waals surface area contributed by atoms with Crippen molar-refractivity contribution in [3.63, 3.8) is 0 Å². The highest BCUT2D eigenvalue weighted by Crippen LogP contribution is 2.22. The fourth-order valence-electron chi connectivity index (χ4n) is 3.38. The molecule has 3 rings (SSSR count). The van der Waals surface area contributed by atoms with E-state index < -0.39 is 0 Å². The van der Waals surface area contributed by atoms with Crippen molar-refractivity contribution in [3.05, 3.63) is 16.1 Å². The molecule has 1 aromatic rings. The average molecular weight is 308 g/mol. The third-order valence-corrected chi connectivity index (χ3v) is 5.45. The Bertz CT molecular complexity index is 439. The molecule has 0 saturated carbocycles. The number of rotatable bonds is 6. The summed E-state index contributed by atoms with van der Waals surface area (Å²) in [5.41, 5.74) is 1.25. The van der Waals surface area contributed by atoms with Gasteiger partial charge in [0, 0.05) is 43.6 Å². The molecule has 2 fully saturated rings. The summed E-state index contributed by atoms with van der Waals surface area (Å²) < 4.78 is 0. The molecule has 1 unspecified atom stereocenters. The van der Waals surface area contributed by atoms with Gasteiger partial charge in [-0.05, 0) is 32.4 Å². The minimum absolute atomic E-state index is 0.525. The molecule has 0 amide bonds. The first kappa shape index (κ1) is 15.4. The highest BCUT2D eigenvalue weighted by Gasteiger charge is 2.29. The van der Waals surface area contributed by atoms with Gasteiger partial charge in [-0.1, -0.05) is 13.8 Å². The zero-order valence-electron chi connectivity index (χ0n) is 13.3. The summed E-state index contributed by atoms with van der Waals surface area (Å²) in [6, 6.07) is 1.32. The van der Waals surface area contributed by atoms with Crippen molar-refractivity contribution in [3.8, 4) is 0 Å². The predicted molar refractivity (Wildman–Crippen MR) is 88.6 cm³/mol. The monoisotopic (exact) mass is 308 g/mol. The molecule has 4 nitrogen and oxygen atoms in total. The molecular formula is C16H28N4S. The van der Waals surface area contributed by atoms with Crippen LogP contribution in [0.3, 0.4) is 0 Å². The van der Waals surface area contributed by atoms with Crippen LogP contribution in [0, 0.1) is 0 Å². The van der Waals surface area contributed by atoms with E-state index in [0.29, 0.717) is 6.04 Å². The Morgan fingerprint density at radius 1 is 1.33 bits per heavy atom. The van der Waals surface area contributed by atoms with Crippen LogP contribution < -0.4 is 5.32 Å². The molecule has 2 aliphatic heterocycles. The molecule has 0 spiro atoms. The van der Waals surface area contributed by atoms with Gasteiger partial charge < -0.3 is 5.32 Å². The molecule has 0 aliphatic carbocycles. The van der Waals surface area contributed by atoms with Crippen LogP contribution >= 0.6 is 11.3 Å². The molecule has 2 saturated heterocycles. The second-order valence-corrected chi connectivity index (χ2v) is 7.63. The van der Waals surface area contributed by atoms with E-state index >= 15 is 0 Å². The van der Waals surface area contributed by atoms with Gasteiger partial charge in [-0.25, -0.2) is 4.98 Å². The number of likely N-dealkylation sites (tertiary alicyclic amines) is 2. The molecule has 118 valence electrons. The Morgan fingerprint density at radius 3 is 2.90 bits per heavy atom. The number of nitrogens with one attached hydrogen (secondary N) is 1. The summed E-state index contributed by atoms with van der Waals surface area (Å²) in [5, 5.41) is 6.89. The fraction of sp³-hybridized carbons (Fsp3) is 0.812. The zero-order valence-corrected chi connectivity index (χ0v) is 14.2. The predicted octanol–water partition coefficient (Wildman–Crippen LogP) is 2.31. The summed E-state index contributed by atoms with van der Waals surface area (Å²) in [6.07, 6.45) is 4.13. The summed E-state index contributed by atoms with van der Waals surface area (Å²) in [4.78, 5) is 10.0. The van der Waals surface area contributed by atoms with Gasteiger partial charge in [0.15, 0.2) is 0 Å². The fourth-order valence-corrected chi connectivity index (χ4v) is 4.12. The first-order chi connectivity index (χ1) is 10.2. The minimum atomic E-state index is 0.525. The summed E-state index contributed by atoms with van der Waals surface area (Å²) >= 11 is 1.79. The first-order valence-electron chi connectivity index (χ1n) is 8.34. The van der Waals surface area contributed by atoms with Crippen molar-refractivity contribution in [1.82, 2.24) is 20.1 Å². The van der Waals surface area contributed by atoms with Crippen molar-refractivity contribution < 1.29 is 0 Å². The summed E-state index contributed by atoms with van der Waals surface area (Å²) in [5.74, 6) is 0. The lowest BCUT2D eigenvalue weighted by atomic mass is 10.2. The van der Waals surface area contributed by atoms with Crippen molar-refractivity contribution in [2.45, 2.75) is 58.3 Å². The topological polar surface area (TPSA) is 31.4 Å². The number of aromatic nitrogens is 1. The van der Waals surface area contributed by atoms with E-state index in [1.807, 2.05) is 0 Å². The maximum absolute atomic E-state index is 4.77. The Kier molecular flexibility index (Phi) is 5.27. The number of thiazole rings is 1. The normalized spacial score (nSPS) is 24.4. The smallest absolute Gasteiger partial charge is 0.107 e. The van der Waals surface area contributed by atoms with Crippen LogP contribution in [0.15, 0.2) is 5.38 Å². The molecule has 0 radical (unpaired) electrons. The highest BCUT2D eigenvalue weighted by molar-refractivity contribution is 7.09. The maximum Gasteiger partial charge on any atom is 0.107 e. The highest BCUT2D eigenvalue weighted by atomic mass is 32.1. The van der Waals surface area contributed by atoms with Crippen molar-refractivity contribution in [1.29, 1.82) is 0 Å². The average Bonchev–Trinajstić information content (AvgIpc) is 3.18. The Balaban J connectivity index is 1.46. The van der Waals surface area contributed by atoms with E-state index in [2.05, 4.69) is 34.3 Å². The van der Waals surface area contributed by atoms with Crippen molar-refractivity contribution in [2.75, 3.05) is 26.2 Å². The number of hydrogen-bond donors (Lipinski definition) is 1. The van der Waals surface area contributed by atoms with Gasteiger partial charge >= 0.3 is 0 Å². The van der Waals surface area contributed by atoms with Crippen LogP contribution in [0.25, 0.3) is 0 Å². The Morgan fingerprint density at radius 2 is 2.14 bits per heavy atom. The van der Waals surface area contributed by atoms with Gasteiger partial charge in [-0.15, -0.1) is 11.3 Å². The molecule has 1 atom stereocenters. The lowest BCUT2D eigenvalue weighted by molar-refractivity contribution is 0.229. The zero-order chi connectivity index (χ0) is 14.7. The molecule has 0 bridgehead atoms. The number of nitrogens with zero attached hydrogens (tertiary/aromatic N) is 3. The molecule has 5 heteroatoms. The van der Waals surface area contributed by atoms with Gasteiger partial charge in [-0.2, -0.15) is 0 Å². The number of hydrogen-bond acceptors (Lipinski definition) is 5. The summed E-state index contributed by atoms with van der Waals surface area (Å²) in [7, 11) is 0. The van der Waals surface area contributed by atoms with E-state index in [9.17, 15) is 0 Å². The summed E-state index contributed by atoms with van der Waals surface area (Å²) in [6.45, 7) is 11.4. The second-order valence-electron chi connectivity index (χ2n) is 6.69. The Labute approximate surface area is 132 Å². The molecule has 2 aliphatic rings. The van der Waals surface area contributed by atoms with E-state index in [1.54, 1.807) is 11.3 Å². The third kappa shape index (κ3) is 4.25. The van der Waals surface area contributed by atoms with E-state index in [0.717, 1.165) is 19.1 Å². The van der Waals surface area contributed by atoms with Crippen molar-refractivity contribution in [2.24, 2.45) is 0 Å². The maximum atomic E-state index is 4.77. The van der Waals surface area contributed by atoms with Crippen LogP contribution in [-0.2, 0) is 13.1 Å². The minimum Gasteiger partial charge on any atom is -0.308 e. The molecule has 0 aromatic carbocycles. The Hall–Kier alpha value is -0.490. The van der Waals surface area contributed by atoms with Crippen LogP contribution in [0.5, 0.6) is 0 Å². The molecule has 3 heterocycles.